The highest BCUT2D eigenvalue weighted by Crippen LogP contribution is 2.57. The van der Waals surface area contributed by atoms with Crippen LogP contribution in [0.1, 0.15) is 6.42 Å². The van der Waals surface area contributed by atoms with E-state index < -0.39 is 60.7 Å². The summed E-state index contributed by atoms with van der Waals surface area (Å²) in [5.74, 6) is -23.7. The van der Waals surface area contributed by atoms with Crippen molar-refractivity contribution in [2.45, 2.75) is 47.3 Å². The van der Waals surface area contributed by atoms with Gasteiger partial charge in [0.25, 0.3) is 5.85 Å². The van der Waals surface area contributed by atoms with Gasteiger partial charge in [-0.2, -0.15) is 17.6 Å². The first-order valence-corrected chi connectivity index (χ1v) is 5.77. The molecule has 0 spiro atoms. The zero-order valence-electron chi connectivity index (χ0n) is 10.9. The summed E-state index contributed by atoms with van der Waals surface area (Å²) in [6.45, 7) is -5.93. The summed E-state index contributed by atoms with van der Waals surface area (Å²) in [5, 5.41) is 36.0. The first-order valence-electron chi connectivity index (χ1n) is 5.77. The molecule has 5 atom stereocenters. The average Bonchev–Trinajstić information content (AvgIpc) is 2.43. The molecule has 0 saturated heterocycles. The van der Waals surface area contributed by atoms with Gasteiger partial charge in [-0.1, -0.05) is 0 Å². The van der Waals surface area contributed by atoms with Crippen LogP contribution in [0.4, 0.5) is 39.5 Å². The molecular weight excluding hydrogens is 355 g/mol. The quantitative estimate of drug-likeness (QED) is 0.543. The third kappa shape index (κ3) is 2.23. The minimum atomic E-state index is -6.29. The Morgan fingerprint density at radius 2 is 1.22 bits per heavy atom. The van der Waals surface area contributed by atoms with Crippen LogP contribution in [0, 0.1) is 0 Å². The molecule has 4 nitrogen and oxygen atoms in total. The first-order chi connectivity index (χ1) is 9.98. The van der Waals surface area contributed by atoms with Crippen LogP contribution in [0.2, 0.25) is 0 Å². The molecule has 138 valence electrons. The van der Waals surface area contributed by atoms with Crippen LogP contribution in [0.5, 0.6) is 0 Å². The highest BCUT2D eigenvalue weighted by molar-refractivity contribution is 5.19. The normalized spacial score (nSPS) is 50.2. The Kier molecular flexibility index (Phi) is 4.49. The van der Waals surface area contributed by atoms with E-state index in [9.17, 15) is 49.7 Å². The zero-order valence-corrected chi connectivity index (χ0v) is 10.9. The molecule has 0 aromatic rings. The van der Waals surface area contributed by atoms with Crippen LogP contribution in [0.15, 0.2) is 0 Å². The van der Waals surface area contributed by atoms with Crippen molar-refractivity contribution in [3.63, 3.8) is 0 Å². The lowest BCUT2D eigenvalue weighted by molar-refractivity contribution is -0.428. The average molecular weight is 366 g/mol. The molecule has 0 aromatic carbocycles. The molecule has 0 aromatic heterocycles. The van der Waals surface area contributed by atoms with E-state index in [0.29, 0.717) is 0 Å². The van der Waals surface area contributed by atoms with Crippen molar-refractivity contribution >= 4 is 0 Å². The molecule has 4 N–H and O–H groups in total. The number of hydrogen-bond donors (Lipinski definition) is 4. The number of rotatable bonds is 2. The van der Waals surface area contributed by atoms with Gasteiger partial charge in [0, 0.05) is 0 Å². The highest BCUT2D eigenvalue weighted by atomic mass is 19.3. The van der Waals surface area contributed by atoms with Crippen LogP contribution < -0.4 is 0 Å². The maximum Gasteiger partial charge on any atom is 0.365 e. The van der Waals surface area contributed by atoms with Gasteiger partial charge in [-0.15, -0.1) is 0 Å². The van der Waals surface area contributed by atoms with Gasteiger partial charge in [-0.05, 0) is 0 Å². The molecule has 23 heavy (non-hydrogen) atoms. The van der Waals surface area contributed by atoms with Crippen LogP contribution in [-0.2, 0) is 0 Å². The molecule has 0 bridgehead atoms. The third-order valence-corrected chi connectivity index (χ3v) is 3.76. The molecule has 0 heterocycles. The topological polar surface area (TPSA) is 80.9 Å². The lowest BCUT2D eigenvalue weighted by Crippen LogP contribution is -2.79. The maximum absolute atomic E-state index is 13.9. The van der Waals surface area contributed by atoms with Crippen molar-refractivity contribution in [3.05, 3.63) is 0 Å². The zero-order chi connectivity index (χ0) is 18.7. The Morgan fingerprint density at radius 1 is 0.783 bits per heavy atom. The number of alkyl halides is 9. The fourth-order valence-electron chi connectivity index (χ4n) is 2.20. The summed E-state index contributed by atoms with van der Waals surface area (Å²) < 4.78 is 121. The lowest BCUT2D eigenvalue weighted by atomic mass is 9.70. The Bertz CT molecular complexity index is 471. The Balaban J connectivity index is 3.78. The molecule has 1 aliphatic carbocycles. The van der Waals surface area contributed by atoms with E-state index in [4.69, 9.17) is 10.2 Å². The molecule has 0 radical (unpaired) electrons. The molecule has 5 unspecified atom stereocenters. The predicted octanol–water partition coefficient (Wildman–Crippen LogP) is 0.716. The van der Waals surface area contributed by atoms with Crippen molar-refractivity contribution in [3.8, 4) is 0 Å². The van der Waals surface area contributed by atoms with Crippen LogP contribution in [-0.4, -0.2) is 74.7 Å². The summed E-state index contributed by atoms with van der Waals surface area (Å²) in [4.78, 5) is 0. The van der Waals surface area contributed by atoms with Crippen LogP contribution in [0.25, 0.3) is 0 Å². The third-order valence-electron chi connectivity index (χ3n) is 3.76. The minimum absolute atomic E-state index is 2.86. The number of hydrogen-bond acceptors (Lipinski definition) is 4. The SMILES string of the molecule is OC1(F)CC(O)(CF)C(F)(F)C(O)(CF)C(F)C(O)(F)C1(F)F. The smallest absolute Gasteiger partial charge is 0.365 e. The van der Waals surface area contributed by atoms with Gasteiger partial charge < -0.3 is 20.4 Å². The van der Waals surface area contributed by atoms with Gasteiger partial charge in [-0.25, -0.2) is 22.0 Å². The second-order valence-electron chi connectivity index (χ2n) is 5.34. The summed E-state index contributed by atoms with van der Waals surface area (Å²) in [7, 11) is 0. The molecular formula is C10H11F9O4. The van der Waals surface area contributed by atoms with E-state index in [2.05, 4.69) is 0 Å². The predicted molar refractivity (Wildman–Crippen MR) is 53.4 cm³/mol. The minimum Gasteiger partial charge on any atom is -0.381 e. The lowest BCUT2D eigenvalue weighted by Gasteiger charge is -2.51. The molecule has 1 saturated carbocycles. The fraction of sp³-hybridized carbons (Fsp3) is 1.00. The van der Waals surface area contributed by atoms with E-state index in [1.54, 1.807) is 0 Å². The number of aliphatic hydroxyl groups is 4. The second kappa shape index (κ2) is 5.10. The summed E-state index contributed by atoms with van der Waals surface area (Å²) >= 11 is 0. The van der Waals surface area contributed by atoms with E-state index in [0.717, 1.165) is 0 Å². The largest absolute Gasteiger partial charge is 0.381 e. The van der Waals surface area contributed by atoms with Crippen molar-refractivity contribution in [1.29, 1.82) is 0 Å². The first kappa shape index (κ1) is 20.3. The fourth-order valence-corrected chi connectivity index (χ4v) is 2.20. The molecule has 1 fully saturated rings. The molecule has 0 aliphatic heterocycles. The number of halogens is 9. The van der Waals surface area contributed by atoms with E-state index in [1.807, 2.05) is 0 Å². The Labute approximate surface area is 122 Å². The maximum atomic E-state index is 13.9. The Hall–Kier alpha value is -0.790. The van der Waals surface area contributed by atoms with Crippen LogP contribution >= 0.6 is 0 Å². The van der Waals surface area contributed by atoms with Gasteiger partial charge in [0.2, 0.25) is 6.17 Å². The van der Waals surface area contributed by atoms with E-state index in [1.165, 1.54) is 0 Å². The monoisotopic (exact) mass is 366 g/mol. The summed E-state index contributed by atoms with van der Waals surface area (Å²) in [5.41, 5.74) is -9.95. The highest BCUT2D eigenvalue weighted by Gasteiger charge is 2.84. The van der Waals surface area contributed by atoms with Crippen LogP contribution in [0.3, 0.4) is 0 Å². The van der Waals surface area contributed by atoms with Gasteiger partial charge in [0.1, 0.15) is 13.3 Å². The molecule has 13 heteroatoms. The summed E-state index contributed by atoms with van der Waals surface area (Å²) in [6, 6.07) is 0. The molecule has 1 rings (SSSR count). The van der Waals surface area contributed by atoms with E-state index >= 15 is 0 Å². The van der Waals surface area contributed by atoms with Crippen molar-refractivity contribution in [2.75, 3.05) is 13.3 Å². The van der Waals surface area contributed by atoms with Crippen molar-refractivity contribution in [2.24, 2.45) is 0 Å². The Morgan fingerprint density at radius 3 is 1.57 bits per heavy atom. The van der Waals surface area contributed by atoms with Gasteiger partial charge in [0.15, 0.2) is 11.2 Å². The molecule has 0 amide bonds. The van der Waals surface area contributed by atoms with Crippen molar-refractivity contribution < 1.29 is 59.9 Å². The van der Waals surface area contributed by atoms with E-state index in [-0.39, 0.29) is 0 Å². The van der Waals surface area contributed by atoms with Gasteiger partial charge in [0.05, 0.1) is 6.42 Å². The standard InChI is InChI=1S/C10H11F9O4/c11-2-5(20)1-7(14,22)10(18,19)8(15,23)4(13)6(21,3-12)9(5,16)17/h4,20-23H,1-3H2. The van der Waals surface area contributed by atoms with Gasteiger partial charge in [-0.3, -0.25) is 0 Å². The molecule has 1 aliphatic rings. The van der Waals surface area contributed by atoms with Crippen molar-refractivity contribution in [1.82, 2.24) is 0 Å². The van der Waals surface area contributed by atoms with Gasteiger partial charge >= 0.3 is 17.7 Å². The summed E-state index contributed by atoms with van der Waals surface area (Å²) in [6.07, 6.45) is -8.00. The second-order valence-corrected chi connectivity index (χ2v) is 5.34.